The first kappa shape index (κ1) is 13.7. The zero-order chi connectivity index (χ0) is 13.1. The van der Waals surface area contributed by atoms with E-state index in [1.807, 2.05) is 24.3 Å². The molecule has 0 aliphatic carbocycles. The van der Waals surface area contributed by atoms with Crippen molar-refractivity contribution in [3.05, 3.63) is 68.4 Å². The van der Waals surface area contributed by atoms with E-state index in [-0.39, 0.29) is 5.82 Å². The summed E-state index contributed by atoms with van der Waals surface area (Å²) in [6.07, 6.45) is -0.131. The molecular weight excluding hydrogens is 363 g/mol. The Morgan fingerprint density at radius 3 is 2.33 bits per heavy atom. The molecule has 0 fully saturated rings. The van der Waals surface area contributed by atoms with Gasteiger partial charge in [0, 0.05) is 10.9 Å². The van der Waals surface area contributed by atoms with Crippen molar-refractivity contribution in [3.8, 4) is 0 Å². The minimum absolute atomic E-state index is 0.324. The van der Waals surface area contributed by atoms with Gasteiger partial charge < -0.3 is 5.11 Å². The molecule has 18 heavy (non-hydrogen) atoms. The maximum absolute atomic E-state index is 13.1. The van der Waals surface area contributed by atoms with E-state index in [1.54, 1.807) is 12.1 Å². The highest BCUT2D eigenvalue weighted by Gasteiger charge is 2.10. The third-order valence-corrected chi connectivity index (χ3v) is 3.81. The molecule has 1 unspecified atom stereocenters. The van der Waals surface area contributed by atoms with Crippen molar-refractivity contribution in [2.24, 2.45) is 0 Å². The van der Waals surface area contributed by atoms with Gasteiger partial charge in [0.1, 0.15) is 5.82 Å². The fourth-order valence-electron chi connectivity index (χ4n) is 1.68. The Balaban J connectivity index is 2.13. The average molecular weight is 374 g/mol. The van der Waals surface area contributed by atoms with Crippen molar-refractivity contribution in [1.82, 2.24) is 0 Å². The maximum atomic E-state index is 13.1. The first-order valence-electron chi connectivity index (χ1n) is 5.44. The molecule has 0 aromatic heterocycles. The van der Waals surface area contributed by atoms with Crippen molar-refractivity contribution < 1.29 is 9.50 Å². The lowest BCUT2D eigenvalue weighted by atomic mass is 10.0. The second-order valence-electron chi connectivity index (χ2n) is 4.02. The Bertz CT molecular complexity index is 540. The van der Waals surface area contributed by atoms with Gasteiger partial charge in [-0.05, 0) is 51.3 Å². The van der Waals surface area contributed by atoms with Gasteiger partial charge >= 0.3 is 0 Å². The highest BCUT2D eigenvalue weighted by Crippen LogP contribution is 2.24. The van der Waals surface area contributed by atoms with E-state index in [1.165, 1.54) is 6.07 Å². The minimum atomic E-state index is -0.636. The zero-order valence-electron chi connectivity index (χ0n) is 9.41. The summed E-state index contributed by atoms with van der Waals surface area (Å²) in [6.45, 7) is 0. The van der Waals surface area contributed by atoms with E-state index in [2.05, 4.69) is 31.9 Å². The summed E-state index contributed by atoms with van der Waals surface area (Å²) in [5.41, 5.74) is 1.73. The Kier molecular flexibility index (Phi) is 4.54. The molecule has 2 aromatic carbocycles. The smallest absolute Gasteiger partial charge is 0.137 e. The van der Waals surface area contributed by atoms with Crippen LogP contribution in [0.1, 0.15) is 17.2 Å². The molecule has 0 radical (unpaired) electrons. The molecule has 94 valence electrons. The van der Waals surface area contributed by atoms with E-state index < -0.39 is 6.10 Å². The van der Waals surface area contributed by atoms with Gasteiger partial charge in [-0.25, -0.2) is 4.39 Å². The van der Waals surface area contributed by atoms with Gasteiger partial charge in [-0.2, -0.15) is 0 Å². The monoisotopic (exact) mass is 372 g/mol. The Morgan fingerprint density at radius 1 is 1.06 bits per heavy atom. The van der Waals surface area contributed by atoms with Crippen LogP contribution in [0.2, 0.25) is 0 Å². The lowest BCUT2D eigenvalue weighted by Crippen LogP contribution is -2.02. The Morgan fingerprint density at radius 2 is 1.72 bits per heavy atom. The standard InChI is InChI=1S/C14H11Br2FO/c15-11-4-1-9(2-5-11)7-14(18)10-3-6-13(17)12(16)8-10/h1-6,8,14,18H,7H2. The van der Waals surface area contributed by atoms with Crippen LogP contribution in [-0.2, 0) is 6.42 Å². The molecule has 2 aromatic rings. The number of hydrogen-bond donors (Lipinski definition) is 1. The van der Waals surface area contributed by atoms with E-state index >= 15 is 0 Å². The van der Waals surface area contributed by atoms with Gasteiger partial charge in [-0.3, -0.25) is 0 Å². The second-order valence-corrected chi connectivity index (χ2v) is 5.79. The van der Waals surface area contributed by atoms with Crippen LogP contribution < -0.4 is 0 Å². The first-order chi connectivity index (χ1) is 8.56. The Labute approximate surface area is 122 Å². The summed E-state index contributed by atoms with van der Waals surface area (Å²) in [7, 11) is 0. The number of hydrogen-bond acceptors (Lipinski definition) is 1. The fraction of sp³-hybridized carbons (Fsp3) is 0.143. The highest BCUT2D eigenvalue weighted by atomic mass is 79.9. The van der Waals surface area contributed by atoms with Crippen LogP contribution in [0.25, 0.3) is 0 Å². The van der Waals surface area contributed by atoms with Gasteiger partial charge in [-0.15, -0.1) is 0 Å². The topological polar surface area (TPSA) is 20.2 Å². The van der Waals surface area contributed by atoms with Crippen molar-refractivity contribution in [1.29, 1.82) is 0 Å². The highest BCUT2D eigenvalue weighted by molar-refractivity contribution is 9.10. The van der Waals surface area contributed by atoms with Crippen molar-refractivity contribution >= 4 is 31.9 Å². The van der Waals surface area contributed by atoms with Crippen molar-refractivity contribution in [3.63, 3.8) is 0 Å². The third-order valence-electron chi connectivity index (χ3n) is 2.67. The number of aliphatic hydroxyl groups excluding tert-OH is 1. The van der Waals surface area contributed by atoms with Gasteiger partial charge in [0.2, 0.25) is 0 Å². The van der Waals surface area contributed by atoms with Gasteiger partial charge in [0.05, 0.1) is 10.6 Å². The summed E-state index contributed by atoms with van der Waals surface area (Å²) < 4.78 is 14.5. The molecule has 0 amide bonds. The van der Waals surface area contributed by atoms with Crippen molar-refractivity contribution in [2.75, 3.05) is 0 Å². The van der Waals surface area contributed by atoms with Crippen LogP contribution in [0.15, 0.2) is 51.4 Å². The number of halogens is 3. The largest absolute Gasteiger partial charge is 0.388 e. The molecule has 0 aliphatic rings. The molecule has 0 spiro atoms. The molecule has 0 bridgehead atoms. The molecule has 4 heteroatoms. The van der Waals surface area contributed by atoms with E-state index in [9.17, 15) is 9.50 Å². The van der Waals surface area contributed by atoms with Crippen LogP contribution in [0.5, 0.6) is 0 Å². The van der Waals surface area contributed by atoms with Crippen LogP contribution in [-0.4, -0.2) is 5.11 Å². The summed E-state index contributed by atoms with van der Waals surface area (Å²) in [5.74, 6) is -0.324. The van der Waals surface area contributed by atoms with E-state index in [4.69, 9.17) is 0 Å². The van der Waals surface area contributed by atoms with Gasteiger partial charge in [0.15, 0.2) is 0 Å². The zero-order valence-corrected chi connectivity index (χ0v) is 12.6. The van der Waals surface area contributed by atoms with Crippen LogP contribution in [0, 0.1) is 5.82 Å². The molecule has 0 saturated carbocycles. The first-order valence-corrected chi connectivity index (χ1v) is 7.02. The summed E-state index contributed by atoms with van der Waals surface area (Å²) in [6, 6.07) is 12.3. The van der Waals surface area contributed by atoms with Gasteiger partial charge in [-0.1, -0.05) is 34.1 Å². The molecular formula is C14H11Br2FO. The lowest BCUT2D eigenvalue weighted by Gasteiger charge is -2.12. The summed E-state index contributed by atoms with van der Waals surface area (Å²) >= 11 is 6.48. The molecule has 1 nitrogen and oxygen atoms in total. The fourth-order valence-corrected chi connectivity index (χ4v) is 2.34. The normalized spacial score (nSPS) is 12.4. The SMILES string of the molecule is OC(Cc1ccc(Br)cc1)c1ccc(F)c(Br)c1. The average Bonchev–Trinajstić information content (AvgIpc) is 2.35. The number of rotatable bonds is 3. The number of aliphatic hydroxyl groups is 1. The quantitative estimate of drug-likeness (QED) is 0.831. The summed E-state index contributed by atoms with van der Waals surface area (Å²) in [4.78, 5) is 0. The minimum Gasteiger partial charge on any atom is -0.388 e. The van der Waals surface area contributed by atoms with Crippen molar-refractivity contribution in [2.45, 2.75) is 12.5 Å². The third kappa shape index (κ3) is 3.40. The molecule has 0 heterocycles. The molecule has 2 rings (SSSR count). The predicted octanol–water partition coefficient (Wildman–Crippen LogP) is 4.63. The van der Waals surface area contributed by atoms with E-state index in [0.29, 0.717) is 16.5 Å². The second kappa shape index (κ2) is 5.95. The predicted molar refractivity (Wildman–Crippen MR) is 76.9 cm³/mol. The van der Waals surface area contributed by atoms with Crippen LogP contribution >= 0.6 is 31.9 Å². The molecule has 0 saturated heterocycles. The molecule has 0 aliphatic heterocycles. The van der Waals surface area contributed by atoms with Crippen LogP contribution in [0.4, 0.5) is 4.39 Å². The van der Waals surface area contributed by atoms with E-state index in [0.717, 1.165) is 10.0 Å². The summed E-state index contributed by atoms with van der Waals surface area (Å²) in [5, 5.41) is 10.1. The lowest BCUT2D eigenvalue weighted by molar-refractivity contribution is 0.178. The van der Waals surface area contributed by atoms with Crippen LogP contribution in [0.3, 0.4) is 0 Å². The Hall–Kier alpha value is -0.710. The molecule has 1 atom stereocenters. The molecule has 1 N–H and O–H groups in total. The van der Waals surface area contributed by atoms with Gasteiger partial charge in [0.25, 0.3) is 0 Å². The number of benzene rings is 2. The maximum Gasteiger partial charge on any atom is 0.137 e.